The van der Waals surface area contributed by atoms with Crippen LogP contribution >= 0.6 is 7.75 Å². The fourth-order valence-electron chi connectivity index (χ4n) is 1.82. The van der Waals surface area contributed by atoms with Crippen molar-refractivity contribution in [1.82, 2.24) is 15.9 Å². The van der Waals surface area contributed by atoms with Crippen LogP contribution in [0, 0.1) is 5.92 Å². The van der Waals surface area contributed by atoms with Crippen LogP contribution in [0.3, 0.4) is 0 Å². The SMILES string of the molecule is CC(C)C[C@@H](NC(=O)OCc1ccccc1)C(=O)NNP(=O)(O)O. The Balaban J connectivity index is 2.56. The number of carbonyl (C=O) groups excluding carboxylic acids is 2. The Labute approximate surface area is 140 Å². The molecule has 0 aromatic heterocycles. The monoisotopic (exact) mass is 359 g/mol. The quantitative estimate of drug-likeness (QED) is 0.345. The van der Waals surface area contributed by atoms with Crippen LogP contribution in [0.5, 0.6) is 0 Å². The van der Waals surface area contributed by atoms with E-state index < -0.39 is 25.8 Å². The van der Waals surface area contributed by atoms with Crippen molar-refractivity contribution in [3.8, 4) is 0 Å². The molecule has 0 aliphatic rings. The summed E-state index contributed by atoms with van der Waals surface area (Å²) in [4.78, 5) is 41.2. The zero-order valence-corrected chi connectivity index (χ0v) is 14.3. The third-order valence-corrected chi connectivity index (χ3v) is 3.26. The second kappa shape index (κ2) is 9.39. The summed E-state index contributed by atoms with van der Waals surface area (Å²) in [6.07, 6.45) is -0.523. The van der Waals surface area contributed by atoms with Gasteiger partial charge in [-0.05, 0) is 17.9 Å². The van der Waals surface area contributed by atoms with Gasteiger partial charge >= 0.3 is 13.8 Å². The molecule has 1 aromatic rings. The van der Waals surface area contributed by atoms with Crippen LogP contribution in [-0.4, -0.2) is 27.8 Å². The third kappa shape index (κ3) is 8.64. The Kier molecular flexibility index (Phi) is 7.87. The molecule has 0 fully saturated rings. The summed E-state index contributed by atoms with van der Waals surface area (Å²) in [5.41, 5.74) is 2.68. The summed E-state index contributed by atoms with van der Waals surface area (Å²) in [5, 5.41) is 3.97. The fourth-order valence-corrected chi connectivity index (χ4v) is 2.08. The topological polar surface area (TPSA) is 137 Å². The number of hydrogen-bond acceptors (Lipinski definition) is 4. The predicted molar refractivity (Wildman–Crippen MR) is 86.3 cm³/mol. The van der Waals surface area contributed by atoms with Gasteiger partial charge in [-0.25, -0.2) is 9.36 Å². The van der Waals surface area contributed by atoms with Crippen LogP contribution < -0.4 is 15.9 Å². The molecular formula is C14H22N3O6P. The molecule has 1 aromatic carbocycles. The van der Waals surface area contributed by atoms with Crippen molar-refractivity contribution >= 4 is 19.7 Å². The second-order valence-corrected chi connectivity index (χ2v) is 6.84. The van der Waals surface area contributed by atoms with E-state index in [1.54, 1.807) is 29.5 Å². The summed E-state index contributed by atoms with van der Waals surface area (Å²) in [7, 11) is -4.61. The predicted octanol–water partition coefficient (Wildman–Crippen LogP) is 1.04. The number of carbonyl (C=O) groups is 2. The molecule has 24 heavy (non-hydrogen) atoms. The minimum absolute atomic E-state index is 0.0451. The molecule has 1 atom stereocenters. The first-order valence-corrected chi connectivity index (χ1v) is 8.88. The summed E-state index contributed by atoms with van der Waals surface area (Å²) < 4.78 is 15.8. The number of nitrogens with one attached hydrogen (secondary N) is 3. The normalized spacial score (nSPS) is 12.5. The fraction of sp³-hybridized carbons (Fsp3) is 0.429. The first kappa shape index (κ1) is 20.1. The Hall–Kier alpha value is -1.93. The van der Waals surface area contributed by atoms with E-state index in [1.807, 2.05) is 25.3 Å². The van der Waals surface area contributed by atoms with E-state index in [0.29, 0.717) is 0 Å². The maximum absolute atomic E-state index is 11.9. The van der Waals surface area contributed by atoms with Gasteiger partial charge in [0.15, 0.2) is 0 Å². The largest absolute Gasteiger partial charge is 0.445 e. The van der Waals surface area contributed by atoms with Crippen LogP contribution in [-0.2, 0) is 20.7 Å². The van der Waals surface area contributed by atoms with Crippen molar-refractivity contribution in [2.75, 3.05) is 0 Å². The van der Waals surface area contributed by atoms with Crippen LogP contribution in [0.15, 0.2) is 30.3 Å². The molecule has 0 saturated heterocycles. The number of rotatable bonds is 8. The first-order chi connectivity index (χ1) is 11.2. The highest BCUT2D eigenvalue weighted by atomic mass is 31.2. The van der Waals surface area contributed by atoms with Gasteiger partial charge in [0.1, 0.15) is 12.6 Å². The average molecular weight is 359 g/mol. The molecule has 0 saturated carbocycles. The number of hydrogen-bond donors (Lipinski definition) is 5. The summed E-state index contributed by atoms with van der Waals surface area (Å²) in [6, 6.07) is 8.03. The summed E-state index contributed by atoms with van der Waals surface area (Å²) in [5.74, 6) is -0.714. The zero-order chi connectivity index (χ0) is 18.2. The van der Waals surface area contributed by atoms with Gasteiger partial charge in [0.2, 0.25) is 0 Å². The van der Waals surface area contributed by atoms with Crippen molar-refractivity contribution in [2.45, 2.75) is 32.9 Å². The maximum atomic E-state index is 11.9. The second-order valence-electron chi connectivity index (χ2n) is 5.53. The highest BCUT2D eigenvalue weighted by Crippen LogP contribution is 2.26. The van der Waals surface area contributed by atoms with Gasteiger partial charge in [-0.2, -0.15) is 0 Å². The van der Waals surface area contributed by atoms with E-state index in [0.717, 1.165) is 5.56 Å². The maximum Gasteiger partial charge on any atom is 0.418 e. The van der Waals surface area contributed by atoms with Gasteiger partial charge in [0.05, 0.1) is 0 Å². The van der Waals surface area contributed by atoms with E-state index in [2.05, 4.69) is 5.32 Å². The Morgan fingerprint density at radius 3 is 2.38 bits per heavy atom. The van der Waals surface area contributed by atoms with Gasteiger partial charge < -0.3 is 19.8 Å². The molecule has 0 heterocycles. The van der Waals surface area contributed by atoms with Gasteiger partial charge in [-0.15, -0.1) is 5.20 Å². The van der Waals surface area contributed by atoms with Crippen molar-refractivity contribution in [3.05, 3.63) is 35.9 Å². The molecule has 0 spiro atoms. The smallest absolute Gasteiger partial charge is 0.418 e. The van der Waals surface area contributed by atoms with Crippen molar-refractivity contribution in [3.63, 3.8) is 0 Å². The molecule has 0 aliphatic carbocycles. The lowest BCUT2D eigenvalue weighted by Crippen LogP contribution is -2.50. The molecule has 0 bridgehead atoms. The van der Waals surface area contributed by atoms with Crippen molar-refractivity contribution in [1.29, 1.82) is 0 Å². The van der Waals surface area contributed by atoms with E-state index in [9.17, 15) is 14.2 Å². The molecule has 0 unspecified atom stereocenters. The van der Waals surface area contributed by atoms with E-state index in [1.165, 1.54) is 0 Å². The number of hydrazine groups is 1. The van der Waals surface area contributed by atoms with Gasteiger partial charge in [-0.1, -0.05) is 44.2 Å². The molecule has 5 N–H and O–H groups in total. The number of ether oxygens (including phenoxy) is 1. The molecular weight excluding hydrogens is 337 g/mol. The first-order valence-electron chi connectivity index (χ1n) is 7.27. The zero-order valence-electron chi connectivity index (χ0n) is 13.4. The van der Waals surface area contributed by atoms with Crippen LogP contribution in [0.2, 0.25) is 0 Å². The Bertz CT molecular complexity index is 589. The minimum atomic E-state index is -4.61. The van der Waals surface area contributed by atoms with Crippen molar-refractivity contribution in [2.24, 2.45) is 5.92 Å². The van der Waals surface area contributed by atoms with E-state index >= 15 is 0 Å². The molecule has 10 heteroatoms. The van der Waals surface area contributed by atoms with Gasteiger partial charge in [0, 0.05) is 0 Å². The summed E-state index contributed by atoms with van der Waals surface area (Å²) >= 11 is 0. The minimum Gasteiger partial charge on any atom is -0.445 e. The number of amides is 2. The van der Waals surface area contributed by atoms with E-state index in [-0.39, 0.29) is 18.9 Å². The van der Waals surface area contributed by atoms with E-state index in [4.69, 9.17) is 14.5 Å². The van der Waals surface area contributed by atoms with Gasteiger partial charge in [0.25, 0.3) is 5.91 Å². The van der Waals surface area contributed by atoms with Crippen LogP contribution in [0.4, 0.5) is 4.79 Å². The Morgan fingerprint density at radius 1 is 1.21 bits per heavy atom. The third-order valence-electron chi connectivity index (χ3n) is 2.85. The number of benzene rings is 1. The highest BCUT2D eigenvalue weighted by molar-refractivity contribution is 7.49. The molecule has 1 rings (SSSR count). The molecule has 134 valence electrons. The lowest BCUT2D eigenvalue weighted by Gasteiger charge is -2.20. The van der Waals surface area contributed by atoms with Crippen LogP contribution in [0.25, 0.3) is 0 Å². The summed E-state index contributed by atoms with van der Waals surface area (Å²) in [6.45, 7) is 3.73. The highest BCUT2D eigenvalue weighted by Gasteiger charge is 2.24. The van der Waals surface area contributed by atoms with Crippen LogP contribution in [0.1, 0.15) is 25.8 Å². The standard InChI is InChI=1S/C14H22N3O6P/c1-10(2)8-12(13(18)16-17-24(20,21)22)15-14(19)23-9-11-6-4-3-5-7-11/h3-7,10,12H,8-9H2,1-2H3,(H,15,19)(H,16,18)(H3,17,20,21,22)/t12-/m1/s1. The van der Waals surface area contributed by atoms with Crippen molar-refractivity contribution < 1.29 is 28.7 Å². The number of alkyl carbamates (subject to hydrolysis) is 1. The Morgan fingerprint density at radius 2 is 1.83 bits per heavy atom. The lowest BCUT2D eigenvalue weighted by molar-refractivity contribution is -0.124. The molecule has 9 nitrogen and oxygen atoms in total. The van der Waals surface area contributed by atoms with Gasteiger partial charge in [-0.3, -0.25) is 10.2 Å². The lowest BCUT2D eigenvalue weighted by atomic mass is 10.0. The molecule has 2 amide bonds. The molecule has 0 aliphatic heterocycles. The molecule has 0 radical (unpaired) electrons. The average Bonchev–Trinajstić information content (AvgIpc) is 2.50.